The molecule has 1 saturated heterocycles. The van der Waals surface area contributed by atoms with Crippen molar-refractivity contribution < 1.29 is 18.0 Å². The molecule has 0 bridgehead atoms. The van der Waals surface area contributed by atoms with Crippen molar-refractivity contribution in [3.05, 3.63) is 82.2 Å². The Morgan fingerprint density at radius 3 is 2.50 bits per heavy atom. The molecule has 5 rings (SSSR count). The lowest BCUT2D eigenvalue weighted by atomic mass is 9.98. The summed E-state index contributed by atoms with van der Waals surface area (Å²) < 4.78 is 26.3. The number of carbonyl (C=O) groups excluding carboxylic acids is 2. The molecule has 38 heavy (non-hydrogen) atoms. The van der Waals surface area contributed by atoms with Crippen molar-refractivity contribution in [2.75, 3.05) is 18.4 Å². The average Bonchev–Trinajstić information content (AvgIpc) is 3.34. The first kappa shape index (κ1) is 26.0. The molecular weight excluding hydrogens is 498 g/mol. The Balaban J connectivity index is 1.42. The number of hydrogen-bond acceptors (Lipinski definition) is 4. The molecule has 0 aliphatic carbocycles. The third kappa shape index (κ3) is 5.18. The van der Waals surface area contributed by atoms with Gasteiger partial charge in [-0.3, -0.25) is 9.59 Å². The normalized spacial score (nSPS) is 17.1. The van der Waals surface area contributed by atoms with Gasteiger partial charge in [0.1, 0.15) is 0 Å². The highest BCUT2D eigenvalue weighted by Gasteiger charge is 2.28. The van der Waals surface area contributed by atoms with Crippen molar-refractivity contribution in [3.63, 3.8) is 0 Å². The van der Waals surface area contributed by atoms with Gasteiger partial charge in [-0.25, -0.2) is 8.42 Å². The lowest BCUT2D eigenvalue weighted by Gasteiger charge is -2.30. The van der Waals surface area contributed by atoms with Crippen LogP contribution in [0.4, 0.5) is 5.69 Å². The average molecular weight is 532 g/mol. The van der Waals surface area contributed by atoms with E-state index in [-0.39, 0.29) is 22.5 Å². The van der Waals surface area contributed by atoms with Crippen molar-refractivity contribution in [3.8, 4) is 0 Å². The molecule has 2 aliphatic heterocycles. The molecule has 0 unspecified atom stereocenters. The van der Waals surface area contributed by atoms with Gasteiger partial charge in [0.2, 0.25) is 5.91 Å². The highest BCUT2D eigenvalue weighted by Crippen LogP contribution is 2.36. The number of aryl methyl sites for hydroxylation is 1. The van der Waals surface area contributed by atoms with E-state index in [1.807, 2.05) is 36.9 Å². The Morgan fingerprint density at radius 1 is 1.08 bits per heavy atom. The summed E-state index contributed by atoms with van der Waals surface area (Å²) in [5.41, 5.74) is 5.73. The standard InChI is InChI=1S/C30H33N3O4S/c1-19-11-13-33(14-12-19)29(34)17-24-20(2)28(31-21(24)3)16-26-25-15-23(9-10-27(25)32-30(26)35)38(36,37)18-22-7-5-4-6-8-22/h4-10,15-16,19,31H,11-14,17-18H2,1-3H3,(H,32,35). The number of carbonyl (C=O) groups is 2. The number of H-pyrrole nitrogens is 1. The molecule has 3 heterocycles. The highest BCUT2D eigenvalue weighted by atomic mass is 32.2. The molecular formula is C30H33N3O4S. The molecule has 2 aromatic carbocycles. The molecule has 8 heteroatoms. The molecule has 2 aliphatic rings. The van der Waals surface area contributed by atoms with E-state index in [0.29, 0.717) is 34.7 Å². The molecule has 1 aromatic heterocycles. The van der Waals surface area contributed by atoms with Gasteiger partial charge in [0.25, 0.3) is 5.91 Å². The van der Waals surface area contributed by atoms with Crippen LogP contribution in [0, 0.1) is 19.8 Å². The van der Waals surface area contributed by atoms with Gasteiger partial charge in [-0.05, 0) is 73.6 Å². The molecule has 2 N–H and O–H groups in total. The Bertz CT molecular complexity index is 1530. The second kappa shape index (κ2) is 10.3. The van der Waals surface area contributed by atoms with E-state index in [2.05, 4.69) is 17.2 Å². The van der Waals surface area contributed by atoms with E-state index < -0.39 is 9.84 Å². The lowest BCUT2D eigenvalue weighted by Crippen LogP contribution is -2.38. The fraction of sp³-hybridized carbons (Fsp3) is 0.333. The van der Waals surface area contributed by atoms with Gasteiger partial charge < -0.3 is 15.2 Å². The summed E-state index contributed by atoms with van der Waals surface area (Å²) in [4.78, 5) is 31.3. The van der Waals surface area contributed by atoms with Crippen LogP contribution in [0.5, 0.6) is 0 Å². The van der Waals surface area contributed by atoms with E-state index in [9.17, 15) is 18.0 Å². The molecule has 3 aromatic rings. The number of sulfone groups is 1. The lowest BCUT2D eigenvalue weighted by molar-refractivity contribution is -0.131. The molecule has 0 spiro atoms. The minimum absolute atomic E-state index is 0.116. The van der Waals surface area contributed by atoms with Crippen molar-refractivity contribution in [1.82, 2.24) is 9.88 Å². The Hall–Kier alpha value is -3.65. The van der Waals surface area contributed by atoms with Crippen molar-refractivity contribution in [1.29, 1.82) is 0 Å². The number of aromatic nitrogens is 1. The highest BCUT2D eigenvalue weighted by molar-refractivity contribution is 7.90. The predicted molar refractivity (Wildman–Crippen MR) is 149 cm³/mol. The fourth-order valence-electron chi connectivity index (χ4n) is 5.27. The molecule has 0 atom stereocenters. The van der Waals surface area contributed by atoms with E-state index in [4.69, 9.17) is 0 Å². The maximum atomic E-state index is 13.1. The largest absolute Gasteiger partial charge is 0.359 e. The summed E-state index contributed by atoms with van der Waals surface area (Å²) in [6.07, 6.45) is 4.14. The summed E-state index contributed by atoms with van der Waals surface area (Å²) in [6.45, 7) is 7.71. The van der Waals surface area contributed by atoms with Gasteiger partial charge in [-0.1, -0.05) is 37.3 Å². The number of anilines is 1. The minimum Gasteiger partial charge on any atom is -0.359 e. The number of nitrogens with one attached hydrogen (secondary N) is 2. The van der Waals surface area contributed by atoms with Crippen LogP contribution in [0.2, 0.25) is 0 Å². The topological polar surface area (TPSA) is 99.3 Å². The van der Waals surface area contributed by atoms with Crippen LogP contribution < -0.4 is 5.32 Å². The minimum atomic E-state index is -3.60. The second-order valence-electron chi connectivity index (χ2n) is 10.5. The smallest absolute Gasteiger partial charge is 0.256 e. The number of amides is 2. The SMILES string of the molecule is Cc1[nH]c(C=C2C(=O)Nc3ccc(S(=O)(=O)Cc4ccccc4)cc32)c(C)c1CC(=O)N1CCC(C)CC1. The molecule has 0 saturated carbocycles. The number of likely N-dealkylation sites (tertiary alicyclic amines) is 1. The molecule has 0 radical (unpaired) electrons. The molecule has 7 nitrogen and oxygen atoms in total. The summed E-state index contributed by atoms with van der Waals surface area (Å²) in [7, 11) is -3.60. The predicted octanol–water partition coefficient (Wildman–Crippen LogP) is 4.90. The van der Waals surface area contributed by atoms with E-state index in [1.165, 1.54) is 6.07 Å². The third-order valence-corrected chi connectivity index (χ3v) is 9.40. The van der Waals surface area contributed by atoms with E-state index in [1.54, 1.807) is 30.3 Å². The Labute approximate surface area is 223 Å². The number of benzene rings is 2. The molecule has 1 fully saturated rings. The summed E-state index contributed by atoms with van der Waals surface area (Å²) in [5, 5.41) is 2.84. The van der Waals surface area contributed by atoms with Crippen LogP contribution in [-0.4, -0.2) is 43.2 Å². The molecule has 198 valence electrons. The fourth-order valence-corrected chi connectivity index (χ4v) is 6.64. The van der Waals surface area contributed by atoms with Gasteiger partial charge in [0.15, 0.2) is 9.84 Å². The van der Waals surface area contributed by atoms with Crippen LogP contribution in [0.3, 0.4) is 0 Å². The van der Waals surface area contributed by atoms with Crippen LogP contribution in [0.25, 0.3) is 11.6 Å². The monoisotopic (exact) mass is 531 g/mol. The summed E-state index contributed by atoms with van der Waals surface area (Å²) >= 11 is 0. The van der Waals surface area contributed by atoms with Gasteiger partial charge in [0.05, 0.1) is 22.6 Å². The Kier molecular flexibility index (Phi) is 7.01. The van der Waals surface area contributed by atoms with Gasteiger partial charge in [0, 0.05) is 35.7 Å². The number of aromatic amines is 1. The van der Waals surface area contributed by atoms with Crippen LogP contribution >= 0.6 is 0 Å². The zero-order valence-electron chi connectivity index (χ0n) is 22.0. The first-order valence-electron chi connectivity index (χ1n) is 13.0. The summed E-state index contributed by atoms with van der Waals surface area (Å²) in [6, 6.07) is 13.8. The first-order chi connectivity index (χ1) is 18.1. The number of hydrogen-bond donors (Lipinski definition) is 2. The van der Waals surface area contributed by atoms with Crippen LogP contribution in [0.15, 0.2) is 53.4 Å². The second-order valence-corrected chi connectivity index (χ2v) is 12.5. The van der Waals surface area contributed by atoms with E-state index >= 15 is 0 Å². The van der Waals surface area contributed by atoms with Crippen LogP contribution in [-0.2, 0) is 31.6 Å². The number of piperidine rings is 1. The van der Waals surface area contributed by atoms with Crippen molar-refractivity contribution in [2.45, 2.75) is 50.7 Å². The zero-order chi connectivity index (χ0) is 27.0. The van der Waals surface area contributed by atoms with E-state index in [0.717, 1.165) is 48.4 Å². The van der Waals surface area contributed by atoms with Gasteiger partial charge in [-0.2, -0.15) is 0 Å². The van der Waals surface area contributed by atoms with Gasteiger partial charge in [-0.15, -0.1) is 0 Å². The maximum absolute atomic E-state index is 13.1. The molecule has 2 amide bonds. The summed E-state index contributed by atoms with van der Waals surface area (Å²) in [5.74, 6) is 0.375. The number of fused-ring (bicyclic) bond motifs is 1. The van der Waals surface area contributed by atoms with Crippen molar-refractivity contribution in [2.24, 2.45) is 5.92 Å². The zero-order valence-corrected chi connectivity index (χ0v) is 22.8. The Morgan fingerprint density at radius 2 is 1.79 bits per heavy atom. The maximum Gasteiger partial charge on any atom is 0.256 e. The first-order valence-corrected chi connectivity index (χ1v) is 14.7. The quantitative estimate of drug-likeness (QED) is 0.442. The number of nitrogens with zero attached hydrogens (tertiary/aromatic N) is 1. The number of rotatable bonds is 6. The third-order valence-electron chi connectivity index (χ3n) is 7.72. The van der Waals surface area contributed by atoms with Gasteiger partial charge >= 0.3 is 0 Å². The van der Waals surface area contributed by atoms with Crippen LogP contribution in [0.1, 0.15) is 53.4 Å². The van der Waals surface area contributed by atoms with Crippen molar-refractivity contribution >= 4 is 39.0 Å².